The van der Waals surface area contributed by atoms with Gasteiger partial charge in [-0.25, -0.2) is 9.48 Å². The Bertz CT molecular complexity index is 1350. The van der Waals surface area contributed by atoms with Crippen molar-refractivity contribution in [2.75, 3.05) is 26.2 Å². The molecule has 7 nitrogen and oxygen atoms in total. The Labute approximate surface area is 238 Å². The summed E-state index contributed by atoms with van der Waals surface area (Å²) in [6.07, 6.45) is 5.07. The number of hydrogen-bond acceptors (Lipinski definition) is 4. The molecule has 40 heavy (non-hydrogen) atoms. The first kappa shape index (κ1) is 27.9. The summed E-state index contributed by atoms with van der Waals surface area (Å²) < 4.78 is 7.58. The standard InChI is InChI=1S/C33H42N4O3/c1-23-13-14-28(20-24(23)2)37-30(26-15-18-35(19-16-26)32(39)40-33(3,4)5)29(21-34-37)31(38)36-17-9-12-27(22-36)25-10-7-6-8-11-25/h6-8,10-11,13-14,20-21,26-27H,9,12,15-19,22H2,1-5H3/t27-/m0/s1. The predicted octanol–water partition coefficient (Wildman–Crippen LogP) is 6.62. The number of amides is 2. The maximum absolute atomic E-state index is 14.1. The van der Waals surface area contributed by atoms with Crippen LogP contribution < -0.4 is 0 Å². The smallest absolute Gasteiger partial charge is 0.410 e. The molecule has 3 aromatic rings. The average Bonchev–Trinajstić information content (AvgIpc) is 3.39. The van der Waals surface area contributed by atoms with Crippen molar-refractivity contribution in [2.45, 2.75) is 77.7 Å². The second-order valence-electron chi connectivity index (χ2n) is 12.4. The summed E-state index contributed by atoms with van der Waals surface area (Å²) in [5.74, 6) is 0.506. The molecular formula is C33H42N4O3. The van der Waals surface area contributed by atoms with E-state index in [4.69, 9.17) is 9.84 Å². The van der Waals surface area contributed by atoms with E-state index in [1.165, 1.54) is 16.7 Å². The number of hydrogen-bond donors (Lipinski definition) is 0. The van der Waals surface area contributed by atoms with Gasteiger partial charge in [-0.1, -0.05) is 36.4 Å². The molecule has 3 heterocycles. The van der Waals surface area contributed by atoms with E-state index in [0.717, 1.165) is 43.6 Å². The van der Waals surface area contributed by atoms with Crippen LogP contribution in [0, 0.1) is 13.8 Å². The SMILES string of the molecule is Cc1ccc(-n2ncc(C(=O)N3CCC[C@H](c4ccccc4)C3)c2C2CCN(C(=O)OC(C)(C)C)CC2)cc1C. The van der Waals surface area contributed by atoms with Crippen molar-refractivity contribution in [3.05, 3.63) is 82.7 Å². The molecule has 0 N–H and O–H groups in total. The minimum atomic E-state index is -0.526. The number of ether oxygens (including phenoxy) is 1. The van der Waals surface area contributed by atoms with E-state index in [0.29, 0.717) is 31.1 Å². The lowest BCUT2D eigenvalue weighted by Gasteiger charge is -2.35. The lowest BCUT2D eigenvalue weighted by Crippen LogP contribution is -2.42. The van der Waals surface area contributed by atoms with E-state index >= 15 is 0 Å². The van der Waals surface area contributed by atoms with Crippen molar-refractivity contribution in [3.8, 4) is 5.69 Å². The van der Waals surface area contributed by atoms with Gasteiger partial charge in [-0.05, 0) is 89.1 Å². The van der Waals surface area contributed by atoms with Gasteiger partial charge in [0.1, 0.15) is 5.60 Å². The summed E-state index contributed by atoms with van der Waals surface area (Å²) in [5, 5.41) is 4.79. The van der Waals surface area contributed by atoms with Crippen LogP contribution in [0.4, 0.5) is 4.79 Å². The fourth-order valence-corrected chi connectivity index (χ4v) is 5.97. The monoisotopic (exact) mass is 542 g/mol. The number of aromatic nitrogens is 2. The minimum absolute atomic E-state index is 0.0558. The average molecular weight is 543 g/mol. The van der Waals surface area contributed by atoms with Crippen LogP contribution >= 0.6 is 0 Å². The van der Waals surface area contributed by atoms with Crippen LogP contribution in [-0.2, 0) is 4.74 Å². The summed E-state index contributed by atoms with van der Waals surface area (Å²) in [6.45, 7) is 12.5. The topological polar surface area (TPSA) is 67.7 Å². The van der Waals surface area contributed by atoms with Crippen LogP contribution in [0.2, 0.25) is 0 Å². The molecule has 2 saturated heterocycles. The minimum Gasteiger partial charge on any atom is -0.444 e. The van der Waals surface area contributed by atoms with E-state index in [1.807, 2.05) is 36.4 Å². The van der Waals surface area contributed by atoms with Gasteiger partial charge < -0.3 is 14.5 Å². The molecular weight excluding hydrogens is 500 g/mol. The molecule has 2 aliphatic heterocycles. The summed E-state index contributed by atoms with van der Waals surface area (Å²) in [5.41, 5.74) is 5.78. The fourth-order valence-electron chi connectivity index (χ4n) is 5.97. The first-order chi connectivity index (χ1) is 19.1. The van der Waals surface area contributed by atoms with Gasteiger partial charge in [0.2, 0.25) is 0 Å². The van der Waals surface area contributed by atoms with Crippen LogP contribution in [0.5, 0.6) is 0 Å². The third-order valence-corrected chi connectivity index (χ3v) is 8.28. The Hall–Kier alpha value is -3.61. The molecule has 0 bridgehead atoms. The van der Waals surface area contributed by atoms with Gasteiger partial charge in [-0.15, -0.1) is 0 Å². The van der Waals surface area contributed by atoms with Crippen LogP contribution in [-0.4, -0.2) is 63.4 Å². The zero-order chi connectivity index (χ0) is 28.4. The molecule has 1 atom stereocenters. The maximum Gasteiger partial charge on any atom is 0.410 e. The number of carbonyl (C=O) groups is 2. The van der Waals surface area contributed by atoms with Crippen LogP contribution in [0.15, 0.2) is 54.7 Å². The molecule has 0 unspecified atom stereocenters. The maximum atomic E-state index is 14.1. The molecule has 0 aliphatic carbocycles. The van der Waals surface area contributed by atoms with Crippen molar-refractivity contribution in [3.63, 3.8) is 0 Å². The summed E-state index contributed by atoms with van der Waals surface area (Å²) in [4.78, 5) is 30.6. The van der Waals surface area contributed by atoms with Gasteiger partial charge in [-0.2, -0.15) is 5.10 Å². The Kier molecular flexibility index (Phi) is 8.02. The van der Waals surface area contributed by atoms with Gasteiger partial charge in [0.25, 0.3) is 5.91 Å². The first-order valence-electron chi connectivity index (χ1n) is 14.6. The van der Waals surface area contributed by atoms with Crippen molar-refractivity contribution >= 4 is 12.0 Å². The van der Waals surface area contributed by atoms with Crippen molar-refractivity contribution in [1.82, 2.24) is 19.6 Å². The van der Waals surface area contributed by atoms with E-state index in [9.17, 15) is 9.59 Å². The van der Waals surface area contributed by atoms with Crippen molar-refractivity contribution < 1.29 is 14.3 Å². The highest BCUT2D eigenvalue weighted by Crippen LogP contribution is 2.35. The molecule has 0 saturated carbocycles. The zero-order valence-electron chi connectivity index (χ0n) is 24.5. The number of benzene rings is 2. The fraction of sp³-hybridized carbons (Fsp3) is 0.485. The first-order valence-corrected chi connectivity index (χ1v) is 14.6. The quantitative estimate of drug-likeness (QED) is 0.371. The highest BCUT2D eigenvalue weighted by Gasteiger charge is 2.34. The second-order valence-corrected chi connectivity index (χ2v) is 12.4. The number of likely N-dealkylation sites (tertiary alicyclic amines) is 2. The molecule has 212 valence electrons. The summed E-state index contributed by atoms with van der Waals surface area (Å²) in [6, 6.07) is 16.9. The Morgan fingerprint density at radius 1 is 0.875 bits per heavy atom. The lowest BCUT2D eigenvalue weighted by molar-refractivity contribution is 0.0202. The molecule has 5 rings (SSSR count). The molecule has 0 radical (unpaired) electrons. The van der Waals surface area contributed by atoms with Gasteiger partial charge in [-0.3, -0.25) is 4.79 Å². The Morgan fingerprint density at radius 3 is 2.27 bits per heavy atom. The molecule has 0 spiro atoms. The normalized spacial score (nSPS) is 18.6. The second kappa shape index (κ2) is 11.5. The van der Waals surface area contributed by atoms with Crippen molar-refractivity contribution in [2.24, 2.45) is 0 Å². The van der Waals surface area contributed by atoms with E-state index < -0.39 is 5.60 Å². The molecule has 7 heteroatoms. The van der Waals surface area contributed by atoms with E-state index in [2.05, 4.69) is 56.3 Å². The number of carbonyl (C=O) groups excluding carboxylic acids is 2. The molecule has 2 amide bonds. The largest absolute Gasteiger partial charge is 0.444 e. The van der Waals surface area contributed by atoms with Gasteiger partial charge >= 0.3 is 6.09 Å². The van der Waals surface area contributed by atoms with Crippen LogP contribution in [0.25, 0.3) is 5.69 Å². The Morgan fingerprint density at radius 2 is 1.60 bits per heavy atom. The zero-order valence-corrected chi connectivity index (χ0v) is 24.5. The third-order valence-electron chi connectivity index (χ3n) is 8.28. The molecule has 2 fully saturated rings. The molecule has 1 aromatic heterocycles. The summed E-state index contributed by atoms with van der Waals surface area (Å²) in [7, 11) is 0. The Balaban J connectivity index is 1.43. The highest BCUT2D eigenvalue weighted by molar-refractivity contribution is 5.95. The van der Waals surface area contributed by atoms with E-state index in [1.54, 1.807) is 11.1 Å². The van der Waals surface area contributed by atoms with Crippen LogP contribution in [0.1, 0.15) is 91.0 Å². The van der Waals surface area contributed by atoms with Gasteiger partial charge in [0.05, 0.1) is 23.1 Å². The number of rotatable bonds is 4. The highest BCUT2D eigenvalue weighted by atomic mass is 16.6. The predicted molar refractivity (Wildman–Crippen MR) is 157 cm³/mol. The third kappa shape index (κ3) is 6.08. The number of nitrogens with zero attached hydrogens (tertiary/aromatic N) is 4. The molecule has 2 aromatic carbocycles. The molecule has 2 aliphatic rings. The summed E-state index contributed by atoms with van der Waals surface area (Å²) >= 11 is 0. The van der Waals surface area contributed by atoms with Gasteiger partial charge in [0.15, 0.2) is 0 Å². The lowest BCUT2D eigenvalue weighted by atomic mass is 9.89. The van der Waals surface area contributed by atoms with Crippen LogP contribution in [0.3, 0.4) is 0 Å². The van der Waals surface area contributed by atoms with Gasteiger partial charge in [0, 0.05) is 38.0 Å². The van der Waals surface area contributed by atoms with Crippen molar-refractivity contribution in [1.29, 1.82) is 0 Å². The number of aryl methyl sites for hydroxylation is 2. The number of piperidine rings is 2. The van der Waals surface area contributed by atoms with E-state index in [-0.39, 0.29) is 17.9 Å².